The molecule has 3 rings (SSSR count). The van der Waals surface area contributed by atoms with Gasteiger partial charge in [-0.1, -0.05) is 22.0 Å². The quantitative estimate of drug-likeness (QED) is 0.751. The SMILES string of the molecule is Cc1ccc(Br)cc1-n1ccc2cnc(N)nc21. The molecule has 1 aromatic carbocycles. The lowest BCUT2D eigenvalue weighted by atomic mass is 10.2. The van der Waals surface area contributed by atoms with Crippen LogP contribution in [0.5, 0.6) is 0 Å². The van der Waals surface area contributed by atoms with Crippen LogP contribution in [-0.4, -0.2) is 14.5 Å². The highest BCUT2D eigenvalue weighted by Crippen LogP contribution is 2.24. The fourth-order valence-corrected chi connectivity index (χ4v) is 2.32. The topological polar surface area (TPSA) is 56.7 Å². The third-order valence-corrected chi connectivity index (χ3v) is 3.37. The molecule has 0 unspecified atom stereocenters. The molecular weight excluding hydrogens is 292 g/mol. The maximum absolute atomic E-state index is 5.65. The summed E-state index contributed by atoms with van der Waals surface area (Å²) < 4.78 is 3.06. The van der Waals surface area contributed by atoms with E-state index in [9.17, 15) is 0 Å². The van der Waals surface area contributed by atoms with E-state index in [1.165, 1.54) is 5.56 Å². The molecule has 0 aliphatic rings. The Balaban J connectivity index is 2.31. The van der Waals surface area contributed by atoms with Gasteiger partial charge in [0.2, 0.25) is 5.95 Å². The lowest BCUT2D eigenvalue weighted by Gasteiger charge is -2.09. The molecule has 2 N–H and O–H groups in total. The molecule has 0 amide bonds. The summed E-state index contributed by atoms with van der Waals surface area (Å²) in [4.78, 5) is 8.30. The molecule has 0 atom stereocenters. The zero-order valence-corrected chi connectivity index (χ0v) is 11.3. The average Bonchev–Trinajstić information content (AvgIpc) is 2.75. The lowest BCUT2D eigenvalue weighted by Crippen LogP contribution is -2.00. The van der Waals surface area contributed by atoms with Crippen molar-refractivity contribution in [2.24, 2.45) is 0 Å². The smallest absolute Gasteiger partial charge is 0.221 e. The Kier molecular flexibility index (Phi) is 2.56. The summed E-state index contributed by atoms with van der Waals surface area (Å²) in [7, 11) is 0. The van der Waals surface area contributed by atoms with Crippen LogP contribution in [0.25, 0.3) is 16.7 Å². The normalized spacial score (nSPS) is 11.0. The van der Waals surface area contributed by atoms with Crippen LogP contribution in [0.3, 0.4) is 0 Å². The van der Waals surface area contributed by atoms with Gasteiger partial charge in [-0.15, -0.1) is 0 Å². The van der Waals surface area contributed by atoms with Gasteiger partial charge in [0.05, 0.1) is 5.69 Å². The van der Waals surface area contributed by atoms with Crippen molar-refractivity contribution in [3.63, 3.8) is 0 Å². The minimum Gasteiger partial charge on any atom is -0.368 e. The van der Waals surface area contributed by atoms with Crippen LogP contribution in [-0.2, 0) is 0 Å². The van der Waals surface area contributed by atoms with E-state index in [1.54, 1.807) is 6.20 Å². The standard InChI is InChI=1S/C13H11BrN4/c1-8-2-3-10(14)6-11(8)18-5-4-9-7-16-13(15)17-12(9)18/h2-7H,1H3,(H2,15,16,17). The second kappa shape index (κ2) is 4.10. The van der Waals surface area contributed by atoms with Crippen LogP contribution in [0.1, 0.15) is 5.56 Å². The van der Waals surface area contributed by atoms with Crippen molar-refractivity contribution in [3.8, 4) is 5.69 Å². The summed E-state index contributed by atoms with van der Waals surface area (Å²) >= 11 is 3.49. The van der Waals surface area contributed by atoms with Crippen LogP contribution in [0.15, 0.2) is 41.1 Å². The van der Waals surface area contributed by atoms with E-state index in [2.05, 4.69) is 45.0 Å². The fraction of sp³-hybridized carbons (Fsp3) is 0.0769. The lowest BCUT2D eigenvalue weighted by molar-refractivity contribution is 1.06. The zero-order chi connectivity index (χ0) is 12.7. The van der Waals surface area contributed by atoms with Gasteiger partial charge in [-0.3, -0.25) is 0 Å². The third kappa shape index (κ3) is 1.76. The van der Waals surface area contributed by atoms with Gasteiger partial charge in [0.1, 0.15) is 5.65 Å². The van der Waals surface area contributed by atoms with Crippen molar-refractivity contribution < 1.29 is 0 Å². The molecule has 0 spiro atoms. The number of halogens is 1. The molecule has 0 saturated carbocycles. The molecule has 2 aromatic heterocycles. The van der Waals surface area contributed by atoms with Crippen LogP contribution < -0.4 is 5.73 Å². The minimum absolute atomic E-state index is 0.287. The predicted octanol–water partition coefficient (Wildman–Crippen LogP) is 3.07. The molecule has 90 valence electrons. The zero-order valence-electron chi connectivity index (χ0n) is 9.76. The molecule has 4 nitrogen and oxygen atoms in total. The molecule has 18 heavy (non-hydrogen) atoms. The van der Waals surface area contributed by atoms with Crippen molar-refractivity contribution >= 4 is 32.9 Å². The Labute approximate surface area is 113 Å². The molecule has 0 fully saturated rings. The molecule has 0 bridgehead atoms. The number of benzene rings is 1. The Bertz CT molecular complexity index is 733. The maximum Gasteiger partial charge on any atom is 0.221 e. The van der Waals surface area contributed by atoms with Gasteiger partial charge in [-0.05, 0) is 30.7 Å². The number of anilines is 1. The number of nitrogens with zero attached hydrogens (tertiary/aromatic N) is 3. The molecule has 0 radical (unpaired) electrons. The molecule has 3 aromatic rings. The van der Waals surface area contributed by atoms with Gasteiger partial charge in [0, 0.05) is 22.3 Å². The van der Waals surface area contributed by atoms with Gasteiger partial charge >= 0.3 is 0 Å². The Morgan fingerprint density at radius 3 is 2.94 bits per heavy atom. The number of aryl methyl sites for hydroxylation is 1. The number of rotatable bonds is 1. The van der Waals surface area contributed by atoms with Gasteiger partial charge in [-0.2, -0.15) is 4.98 Å². The summed E-state index contributed by atoms with van der Waals surface area (Å²) in [5.74, 6) is 0.287. The van der Waals surface area contributed by atoms with Crippen LogP contribution in [0.4, 0.5) is 5.95 Å². The highest BCUT2D eigenvalue weighted by Gasteiger charge is 2.08. The second-order valence-corrected chi connectivity index (χ2v) is 5.04. The van der Waals surface area contributed by atoms with Crippen molar-refractivity contribution in [2.45, 2.75) is 6.92 Å². The number of aromatic nitrogens is 3. The maximum atomic E-state index is 5.65. The monoisotopic (exact) mass is 302 g/mol. The van der Waals surface area contributed by atoms with Gasteiger partial charge in [0.15, 0.2) is 0 Å². The molecule has 5 heteroatoms. The van der Waals surface area contributed by atoms with E-state index in [4.69, 9.17) is 5.73 Å². The van der Waals surface area contributed by atoms with Crippen molar-refractivity contribution in [1.29, 1.82) is 0 Å². The van der Waals surface area contributed by atoms with Gasteiger partial charge < -0.3 is 10.3 Å². The van der Waals surface area contributed by atoms with Crippen LogP contribution >= 0.6 is 15.9 Å². The van der Waals surface area contributed by atoms with E-state index < -0.39 is 0 Å². The van der Waals surface area contributed by atoms with E-state index in [0.29, 0.717) is 0 Å². The summed E-state index contributed by atoms with van der Waals surface area (Å²) in [6.45, 7) is 2.07. The fourth-order valence-electron chi connectivity index (χ4n) is 1.97. The molecular formula is C13H11BrN4. The van der Waals surface area contributed by atoms with Crippen molar-refractivity contribution in [1.82, 2.24) is 14.5 Å². The van der Waals surface area contributed by atoms with E-state index in [-0.39, 0.29) is 5.95 Å². The average molecular weight is 303 g/mol. The highest BCUT2D eigenvalue weighted by molar-refractivity contribution is 9.10. The van der Waals surface area contributed by atoms with Crippen LogP contribution in [0.2, 0.25) is 0 Å². The van der Waals surface area contributed by atoms with E-state index >= 15 is 0 Å². The second-order valence-electron chi connectivity index (χ2n) is 4.12. The number of fused-ring (bicyclic) bond motifs is 1. The molecule has 0 aliphatic heterocycles. The largest absolute Gasteiger partial charge is 0.368 e. The third-order valence-electron chi connectivity index (χ3n) is 2.88. The first-order valence-corrected chi connectivity index (χ1v) is 6.30. The van der Waals surface area contributed by atoms with E-state index in [1.807, 2.05) is 22.9 Å². The number of nitrogen functional groups attached to an aromatic ring is 1. The Morgan fingerprint density at radius 2 is 2.11 bits per heavy atom. The minimum atomic E-state index is 0.287. The molecule has 0 saturated heterocycles. The summed E-state index contributed by atoms with van der Waals surface area (Å²) in [6, 6.07) is 8.13. The summed E-state index contributed by atoms with van der Waals surface area (Å²) in [5.41, 5.74) is 8.73. The highest BCUT2D eigenvalue weighted by atomic mass is 79.9. The van der Waals surface area contributed by atoms with E-state index in [0.717, 1.165) is 21.2 Å². The first kappa shape index (κ1) is 11.2. The predicted molar refractivity (Wildman–Crippen MR) is 75.7 cm³/mol. The summed E-state index contributed by atoms with van der Waals surface area (Å²) in [6.07, 6.45) is 3.72. The molecule has 0 aliphatic carbocycles. The Morgan fingerprint density at radius 1 is 1.28 bits per heavy atom. The molecule has 2 heterocycles. The number of hydrogen-bond donors (Lipinski definition) is 1. The van der Waals surface area contributed by atoms with Crippen molar-refractivity contribution in [3.05, 3.63) is 46.7 Å². The number of nitrogens with two attached hydrogens (primary N) is 1. The first-order chi connectivity index (χ1) is 8.65. The van der Waals surface area contributed by atoms with Crippen LogP contribution in [0, 0.1) is 6.92 Å². The van der Waals surface area contributed by atoms with Gasteiger partial charge in [-0.25, -0.2) is 4.98 Å². The first-order valence-electron chi connectivity index (χ1n) is 5.51. The Hall–Kier alpha value is -1.88. The van der Waals surface area contributed by atoms with Crippen molar-refractivity contribution in [2.75, 3.05) is 5.73 Å². The van der Waals surface area contributed by atoms with Gasteiger partial charge in [0.25, 0.3) is 0 Å². The number of hydrogen-bond acceptors (Lipinski definition) is 3. The summed E-state index contributed by atoms with van der Waals surface area (Å²) in [5, 5.41) is 0.976.